The molecule has 1 fully saturated rings. The monoisotopic (exact) mass is 333 g/mol. The van der Waals surface area contributed by atoms with Crippen molar-refractivity contribution in [2.45, 2.75) is 31.8 Å². The Bertz CT molecular complexity index is 751. The lowest BCUT2D eigenvalue weighted by atomic mass is 10.1. The number of rotatable bonds is 5. The number of benzene rings is 1. The Morgan fingerprint density at radius 2 is 1.87 bits per heavy atom. The molecule has 23 heavy (non-hydrogen) atoms. The smallest absolute Gasteiger partial charge is 0.371 e. The van der Waals surface area contributed by atoms with Crippen molar-refractivity contribution in [1.82, 2.24) is 4.90 Å². The fourth-order valence-electron chi connectivity index (χ4n) is 2.67. The van der Waals surface area contributed by atoms with E-state index in [1.807, 2.05) is 25.1 Å². The average molecular weight is 334 g/mol. The molecular formula is C17H16ClNO4. The molecule has 1 N–H and O–H groups in total. The number of aromatic carboxylic acids is 1. The van der Waals surface area contributed by atoms with E-state index in [0.29, 0.717) is 5.02 Å². The highest BCUT2D eigenvalue weighted by atomic mass is 35.5. The molecule has 1 aromatic heterocycles. The molecule has 5 nitrogen and oxygen atoms in total. The summed E-state index contributed by atoms with van der Waals surface area (Å²) in [6.45, 7) is 1.92. The number of nitrogens with zero attached hydrogens (tertiary/aromatic N) is 1. The Balaban J connectivity index is 1.90. The highest BCUT2D eigenvalue weighted by Crippen LogP contribution is 2.37. The molecule has 120 valence electrons. The van der Waals surface area contributed by atoms with Crippen LogP contribution in [-0.4, -0.2) is 27.9 Å². The summed E-state index contributed by atoms with van der Waals surface area (Å²) in [7, 11) is 0. The molecule has 1 aliphatic rings. The van der Waals surface area contributed by atoms with E-state index in [0.717, 1.165) is 18.4 Å². The lowest BCUT2D eigenvalue weighted by molar-refractivity contribution is 0.0619. The van der Waals surface area contributed by atoms with Crippen molar-refractivity contribution in [3.05, 3.63) is 58.5 Å². The molecule has 0 radical (unpaired) electrons. The van der Waals surface area contributed by atoms with Crippen LogP contribution in [0.4, 0.5) is 0 Å². The molecule has 6 heteroatoms. The largest absolute Gasteiger partial charge is 0.475 e. The van der Waals surface area contributed by atoms with Gasteiger partial charge in [-0.1, -0.05) is 29.8 Å². The summed E-state index contributed by atoms with van der Waals surface area (Å²) < 4.78 is 5.16. The normalized spacial score (nSPS) is 15.2. The van der Waals surface area contributed by atoms with Crippen molar-refractivity contribution in [2.24, 2.45) is 0 Å². The Morgan fingerprint density at radius 1 is 1.22 bits per heavy atom. The van der Waals surface area contributed by atoms with Gasteiger partial charge < -0.3 is 14.4 Å². The van der Waals surface area contributed by atoms with E-state index in [-0.39, 0.29) is 29.5 Å². The van der Waals surface area contributed by atoms with Crippen LogP contribution in [0.15, 0.2) is 40.8 Å². The molecule has 0 spiro atoms. The van der Waals surface area contributed by atoms with Crippen molar-refractivity contribution in [1.29, 1.82) is 0 Å². The minimum atomic E-state index is -1.19. The number of carboxylic acids is 1. The van der Waals surface area contributed by atoms with Crippen molar-refractivity contribution in [2.75, 3.05) is 0 Å². The fraction of sp³-hybridized carbons (Fsp3) is 0.294. The summed E-state index contributed by atoms with van der Waals surface area (Å²) >= 11 is 6.25. The van der Waals surface area contributed by atoms with E-state index in [1.165, 1.54) is 12.1 Å². The number of carbonyl (C=O) groups is 2. The summed E-state index contributed by atoms with van der Waals surface area (Å²) in [5.74, 6) is -1.71. The maximum atomic E-state index is 12.8. The molecule has 1 saturated carbocycles. The van der Waals surface area contributed by atoms with Gasteiger partial charge in [-0.2, -0.15) is 0 Å². The van der Waals surface area contributed by atoms with E-state index < -0.39 is 5.97 Å². The minimum Gasteiger partial charge on any atom is -0.475 e. The number of halogens is 1. The SMILES string of the molecule is CC(c1ccccc1Cl)N(C(=O)c1ccc(C(=O)O)o1)C1CC1. The maximum absolute atomic E-state index is 12.8. The summed E-state index contributed by atoms with van der Waals surface area (Å²) in [5.41, 5.74) is 0.861. The van der Waals surface area contributed by atoms with Crippen molar-refractivity contribution in [3.8, 4) is 0 Å². The molecule has 0 bridgehead atoms. The minimum absolute atomic E-state index is 0.0354. The molecule has 3 rings (SSSR count). The van der Waals surface area contributed by atoms with Crippen LogP contribution < -0.4 is 0 Å². The van der Waals surface area contributed by atoms with Gasteiger partial charge in [0.05, 0.1) is 6.04 Å². The molecule has 0 saturated heterocycles. The molecule has 1 aliphatic carbocycles. The summed E-state index contributed by atoms with van der Waals surface area (Å²) in [5, 5.41) is 9.53. The number of hydrogen-bond acceptors (Lipinski definition) is 3. The number of hydrogen-bond donors (Lipinski definition) is 1. The zero-order valence-corrected chi connectivity index (χ0v) is 13.3. The van der Waals surface area contributed by atoms with Crippen LogP contribution in [0.5, 0.6) is 0 Å². The summed E-state index contributed by atoms with van der Waals surface area (Å²) in [6, 6.07) is 10.0. The van der Waals surface area contributed by atoms with E-state index in [4.69, 9.17) is 21.1 Å². The van der Waals surface area contributed by atoms with Crippen LogP contribution in [-0.2, 0) is 0 Å². The lowest BCUT2D eigenvalue weighted by Crippen LogP contribution is -2.35. The van der Waals surface area contributed by atoms with Gasteiger partial charge in [0.15, 0.2) is 5.76 Å². The van der Waals surface area contributed by atoms with Crippen molar-refractivity contribution in [3.63, 3.8) is 0 Å². The van der Waals surface area contributed by atoms with Crippen LogP contribution in [0.25, 0.3) is 0 Å². The second-order valence-corrected chi connectivity index (χ2v) is 6.02. The highest BCUT2D eigenvalue weighted by molar-refractivity contribution is 6.31. The van der Waals surface area contributed by atoms with Crippen LogP contribution in [0, 0.1) is 0 Å². The van der Waals surface area contributed by atoms with Crippen molar-refractivity contribution >= 4 is 23.5 Å². The number of carbonyl (C=O) groups excluding carboxylic acids is 1. The first-order valence-corrected chi connectivity index (χ1v) is 7.77. The summed E-state index contributed by atoms with van der Waals surface area (Å²) in [4.78, 5) is 25.4. The van der Waals surface area contributed by atoms with Crippen LogP contribution >= 0.6 is 11.6 Å². The van der Waals surface area contributed by atoms with Gasteiger partial charge in [-0.15, -0.1) is 0 Å². The number of furan rings is 1. The zero-order chi connectivity index (χ0) is 16.6. The predicted octanol–water partition coefficient (Wildman–Crippen LogP) is 4.00. The van der Waals surface area contributed by atoms with Crippen LogP contribution in [0.3, 0.4) is 0 Å². The highest BCUT2D eigenvalue weighted by Gasteiger charge is 2.38. The van der Waals surface area contributed by atoms with Gasteiger partial charge >= 0.3 is 5.97 Å². The van der Waals surface area contributed by atoms with E-state index in [9.17, 15) is 9.59 Å². The molecule has 2 aromatic rings. The van der Waals surface area contributed by atoms with Crippen LogP contribution in [0.1, 0.15) is 52.5 Å². The molecule has 1 aromatic carbocycles. The second kappa shape index (κ2) is 6.08. The number of carboxylic acid groups (broad SMARTS) is 1. The molecular weight excluding hydrogens is 318 g/mol. The molecule has 0 aliphatic heterocycles. The molecule has 1 heterocycles. The Hall–Kier alpha value is -2.27. The quantitative estimate of drug-likeness (QED) is 0.897. The van der Waals surface area contributed by atoms with Gasteiger partial charge in [0, 0.05) is 11.1 Å². The third-order valence-corrected chi connectivity index (χ3v) is 4.32. The van der Waals surface area contributed by atoms with Gasteiger partial charge in [-0.25, -0.2) is 4.79 Å². The van der Waals surface area contributed by atoms with Crippen molar-refractivity contribution < 1.29 is 19.1 Å². The third-order valence-electron chi connectivity index (χ3n) is 3.97. The summed E-state index contributed by atoms with van der Waals surface area (Å²) in [6.07, 6.45) is 1.85. The predicted molar refractivity (Wildman–Crippen MR) is 84.7 cm³/mol. The van der Waals surface area contributed by atoms with Crippen LogP contribution in [0.2, 0.25) is 5.02 Å². The number of amides is 1. The molecule has 1 atom stereocenters. The van der Waals surface area contributed by atoms with Gasteiger partial charge in [-0.05, 0) is 43.5 Å². The fourth-order valence-corrected chi connectivity index (χ4v) is 2.96. The lowest BCUT2D eigenvalue weighted by Gasteiger charge is -2.29. The molecule has 1 unspecified atom stereocenters. The first-order valence-electron chi connectivity index (χ1n) is 7.39. The zero-order valence-electron chi connectivity index (χ0n) is 12.5. The molecule has 1 amide bonds. The standard InChI is InChI=1S/C17H16ClNO4/c1-10(12-4-2-3-5-13(12)18)19(11-6-7-11)16(20)14-8-9-15(23-14)17(21)22/h2-5,8-11H,6-7H2,1H3,(H,21,22). The van der Waals surface area contributed by atoms with E-state index in [1.54, 1.807) is 11.0 Å². The van der Waals surface area contributed by atoms with E-state index in [2.05, 4.69) is 0 Å². The first kappa shape index (κ1) is 15.6. The van der Waals surface area contributed by atoms with E-state index >= 15 is 0 Å². The topological polar surface area (TPSA) is 70.8 Å². The van der Waals surface area contributed by atoms with Gasteiger partial charge in [0.25, 0.3) is 5.91 Å². The van der Waals surface area contributed by atoms with Gasteiger partial charge in [0.2, 0.25) is 5.76 Å². The van der Waals surface area contributed by atoms with Gasteiger partial charge in [0.1, 0.15) is 0 Å². The maximum Gasteiger partial charge on any atom is 0.371 e. The first-order chi connectivity index (χ1) is 11.0. The Morgan fingerprint density at radius 3 is 2.43 bits per heavy atom. The average Bonchev–Trinajstić information content (AvgIpc) is 3.21. The van der Waals surface area contributed by atoms with Gasteiger partial charge in [-0.3, -0.25) is 4.79 Å². The third kappa shape index (κ3) is 3.10. The second-order valence-electron chi connectivity index (χ2n) is 5.61. The Labute approximate surface area is 138 Å². The Kier molecular flexibility index (Phi) is 4.13.